The summed E-state index contributed by atoms with van der Waals surface area (Å²) in [5, 5.41) is 3.53. The first-order valence-electron chi connectivity index (χ1n) is 5.73. The normalized spacial score (nSPS) is 10.3. The molecule has 0 spiro atoms. The molecule has 0 aliphatic carbocycles. The number of para-hydroxylation sites is 1. The lowest BCUT2D eigenvalue weighted by atomic mass is 10.3. The third-order valence-electron chi connectivity index (χ3n) is 2.42. The predicted molar refractivity (Wildman–Crippen MR) is 76.8 cm³/mol. The van der Waals surface area contributed by atoms with E-state index >= 15 is 0 Å². The molecule has 0 bridgehead atoms. The molecule has 0 saturated carbocycles. The minimum absolute atomic E-state index is 0.254. The molecule has 2 aromatic carbocycles. The molecule has 0 unspecified atom stereocenters. The summed E-state index contributed by atoms with van der Waals surface area (Å²) in [5.74, 6) is 0.335. The maximum Gasteiger partial charge on any atom is 0.126 e. The topological polar surface area (TPSA) is 21.3 Å². The molecule has 0 radical (unpaired) electrons. The van der Waals surface area contributed by atoms with Gasteiger partial charge in [0.15, 0.2) is 0 Å². The molecule has 100 valence electrons. The largest absolute Gasteiger partial charge is 0.492 e. The maximum absolute atomic E-state index is 13.0. The third kappa shape index (κ3) is 4.01. The van der Waals surface area contributed by atoms with Crippen LogP contribution in [0.15, 0.2) is 42.5 Å². The molecule has 0 aliphatic heterocycles. The van der Waals surface area contributed by atoms with Crippen LogP contribution in [0.25, 0.3) is 0 Å². The highest BCUT2D eigenvalue weighted by molar-refractivity contribution is 6.39. The second kappa shape index (κ2) is 6.64. The standard InChI is InChI=1S/C14H12Cl2FNO/c15-12-8-10(17)9-13(16)14(12)18-6-7-19-11-4-2-1-3-5-11/h1-5,8-9,18H,6-7H2. The second-order valence-electron chi connectivity index (χ2n) is 3.83. The molecule has 2 rings (SSSR count). The van der Waals surface area contributed by atoms with Gasteiger partial charge in [-0.15, -0.1) is 0 Å². The van der Waals surface area contributed by atoms with Gasteiger partial charge in [-0.25, -0.2) is 4.39 Å². The van der Waals surface area contributed by atoms with Crippen molar-refractivity contribution in [3.63, 3.8) is 0 Å². The van der Waals surface area contributed by atoms with E-state index in [9.17, 15) is 4.39 Å². The van der Waals surface area contributed by atoms with Crippen molar-refractivity contribution in [2.45, 2.75) is 0 Å². The van der Waals surface area contributed by atoms with Crippen LogP contribution in [-0.2, 0) is 0 Å². The number of anilines is 1. The lowest BCUT2D eigenvalue weighted by molar-refractivity contribution is 0.333. The van der Waals surface area contributed by atoms with E-state index in [2.05, 4.69) is 5.32 Å². The Labute approximate surface area is 121 Å². The summed E-state index contributed by atoms with van der Waals surface area (Å²) < 4.78 is 18.5. The molecule has 2 aromatic rings. The average molecular weight is 300 g/mol. The molecule has 2 nitrogen and oxygen atoms in total. The first kappa shape index (κ1) is 14.0. The maximum atomic E-state index is 13.0. The van der Waals surface area contributed by atoms with Crippen LogP contribution in [0.2, 0.25) is 10.0 Å². The van der Waals surface area contributed by atoms with E-state index < -0.39 is 5.82 Å². The average Bonchev–Trinajstić information content (AvgIpc) is 2.38. The summed E-state index contributed by atoms with van der Waals surface area (Å²) in [6.07, 6.45) is 0. The van der Waals surface area contributed by atoms with Gasteiger partial charge in [-0.2, -0.15) is 0 Å². The summed E-state index contributed by atoms with van der Waals surface area (Å²) in [7, 11) is 0. The minimum atomic E-state index is -0.457. The summed E-state index contributed by atoms with van der Waals surface area (Å²) >= 11 is 11.8. The monoisotopic (exact) mass is 299 g/mol. The zero-order valence-electron chi connectivity index (χ0n) is 10.00. The molecule has 0 aliphatic rings. The van der Waals surface area contributed by atoms with Crippen LogP contribution in [0.4, 0.5) is 10.1 Å². The predicted octanol–water partition coefficient (Wildman–Crippen LogP) is 4.62. The fourth-order valence-corrected chi connectivity index (χ4v) is 2.17. The van der Waals surface area contributed by atoms with E-state index in [4.69, 9.17) is 27.9 Å². The second-order valence-corrected chi connectivity index (χ2v) is 4.65. The van der Waals surface area contributed by atoms with E-state index in [0.29, 0.717) is 18.8 Å². The van der Waals surface area contributed by atoms with Gasteiger partial charge in [-0.3, -0.25) is 0 Å². The van der Waals surface area contributed by atoms with Crippen LogP contribution in [-0.4, -0.2) is 13.2 Å². The molecule has 0 amide bonds. The molecule has 19 heavy (non-hydrogen) atoms. The van der Waals surface area contributed by atoms with Crippen molar-refractivity contribution in [3.8, 4) is 5.75 Å². The van der Waals surface area contributed by atoms with Crippen molar-refractivity contribution >= 4 is 28.9 Å². The third-order valence-corrected chi connectivity index (χ3v) is 3.02. The Bertz CT molecular complexity index is 525. The van der Waals surface area contributed by atoms with Gasteiger partial charge < -0.3 is 10.1 Å². The molecule has 5 heteroatoms. The first-order valence-corrected chi connectivity index (χ1v) is 6.48. The minimum Gasteiger partial charge on any atom is -0.492 e. The van der Waals surface area contributed by atoms with E-state index in [-0.39, 0.29) is 10.0 Å². The van der Waals surface area contributed by atoms with Crippen LogP contribution < -0.4 is 10.1 Å². The molecular formula is C14H12Cl2FNO. The summed E-state index contributed by atoms with van der Waals surface area (Å²) in [6, 6.07) is 11.9. The molecule has 1 N–H and O–H groups in total. The van der Waals surface area contributed by atoms with Crippen molar-refractivity contribution in [2.24, 2.45) is 0 Å². The van der Waals surface area contributed by atoms with Crippen molar-refractivity contribution in [3.05, 3.63) is 58.3 Å². The summed E-state index contributed by atoms with van der Waals surface area (Å²) in [5.41, 5.74) is 0.515. The van der Waals surface area contributed by atoms with Gasteiger partial charge in [0.1, 0.15) is 18.2 Å². The Morgan fingerprint density at radius 3 is 2.32 bits per heavy atom. The fraction of sp³-hybridized carbons (Fsp3) is 0.143. The van der Waals surface area contributed by atoms with Gasteiger partial charge in [0, 0.05) is 6.54 Å². The van der Waals surface area contributed by atoms with Gasteiger partial charge in [-0.1, -0.05) is 41.4 Å². The first-order chi connectivity index (χ1) is 9.16. The molecule has 0 aromatic heterocycles. The lowest BCUT2D eigenvalue weighted by Crippen LogP contribution is -2.12. The Balaban J connectivity index is 1.86. The Morgan fingerprint density at radius 1 is 1.05 bits per heavy atom. The zero-order chi connectivity index (χ0) is 13.7. The van der Waals surface area contributed by atoms with Gasteiger partial charge >= 0.3 is 0 Å². The van der Waals surface area contributed by atoms with Crippen molar-refractivity contribution in [2.75, 3.05) is 18.5 Å². The molecule has 0 fully saturated rings. The number of hydrogen-bond donors (Lipinski definition) is 1. The van der Waals surface area contributed by atoms with Gasteiger partial charge in [-0.05, 0) is 24.3 Å². The highest BCUT2D eigenvalue weighted by atomic mass is 35.5. The number of ether oxygens (including phenoxy) is 1. The van der Waals surface area contributed by atoms with Crippen LogP contribution in [0.5, 0.6) is 5.75 Å². The zero-order valence-corrected chi connectivity index (χ0v) is 11.5. The van der Waals surface area contributed by atoms with Crippen molar-refractivity contribution in [1.82, 2.24) is 0 Å². The van der Waals surface area contributed by atoms with Crippen molar-refractivity contribution in [1.29, 1.82) is 0 Å². The van der Waals surface area contributed by atoms with Crippen LogP contribution in [0.3, 0.4) is 0 Å². The summed E-state index contributed by atoms with van der Waals surface area (Å²) in [6.45, 7) is 0.966. The quantitative estimate of drug-likeness (QED) is 0.813. The van der Waals surface area contributed by atoms with Crippen LogP contribution in [0.1, 0.15) is 0 Å². The SMILES string of the molecule is Fc1cc(Cl)c(NCCOc2ccccc2)c(Cl)c1. The number of benzene rings is 2. The van der Waals surface area contributed by atoms with Gasteiger partial charge in [0.25, 0.3) is 0 Å². The molecular weight excluding hydrogens is 288 g/mol. The molecule has 0 saturated heterocycles. The Kier molecular flexibility index (Phi) is 4.88. The summed E-state index contributed by atoms with van der Waals surface area (Å²) in [4.78, 5) is 0. The Morgan fingerprint density at radius 2 is 1.68 bits per heavy atom. The molecule has 0 heterocycles. The van der Waals surface area contributed by atoms with Crippen LogP contribution >= 0.6 is 23.2 Å². The fourth-order valence-electron chi connectivity index (χ4n) is 1.57. The van der Waals surface area contributed by atoms with E-state index in [0.717, 1.165) is 5.75 Å². The van der Waals surface area contributed by atoms with Gasteiger partial charge in [0.05, 0.1) is 15.7 Å². The van der Waals surface area contributed by atoms with E-state index in [1.165, 1.54) is 12.1 Å². The number of rotatable bonds is 5. The van der Waals surface area contributed by atoms with E-state index in [1.54, 1.807) is 0 Å². The lowest BCUT2D eigenvalue weighted by Gasteiger charge is -2.11. The Hall–Kier alpha value is -1.45. The van der Waals surface area contributed by atoms with E-state index in [1.807, 2.05) is 30.3 Å². The number of nitrogens with one attached hydrogen (secondary N) is 1. The van der Waals surface area contributed by atoms with Gasteiger partial charge in [0.2, 0.25) is 0 Å². The highest BCUT2D eigenvalue weighted by Gasteiger charge is 2.07. The number of hydrogen-bond acceptors (Lipinski definition) is 2. The number of halogens is 3. The smallest absolute Gasteiger partial charge is 0.126 e. The highest BCUT2D eigenvalue weighted by Crippen LogP contribution is 2.31. The molecule has 0 atom stereocenters. The van der Waals surface area contributed by atoms with Crippen molar-refractivity contribution < 1.29 is 9.13 Å². The van der Waals surface area contributed by atoms with Crippen LogP contribution in [0, 0.1) is 5.82 Å².